The van der Waals surface area contributed by atoms with Crippen LogP contribution >= 0.6 is 11.6 Å². The van der Waals surface area contributed by atoms with Crippen LogP contribution in [0.15, 0.2) is 33.8 Å². The lowest BCUT2D eigenvalue weighted by Gasteiger charge is -2.14. The van der Waals surface area contributed by atoms with E-state index >= 15 is 0 Å². The van der Waals surface area contributed by atoms with E-state index in [-0.39, 0.29) is 6.01 Å². The molecule has 0 aliphatic carbocycles. The third kappa shape index (κ3) is 2.75. The van der Waals surface area contributed by atoms with Crippen molar-refractivity contribution in [3.8, 4) is 11.4 Å². The zero-order chi connectivity index (χ0) is 13.9. The molecule has 6 nitrogen and oxygen atoms in total. The molecule has 1 saturated heterocycles. The van der Waals surface area contributed by atoms with Crippen LogP contribution in [0.25, 0.3) is 11.4 Å². The smallest absolute Gasteiger partial charge is 0.351 e. The van der Waals surface area contributed by atoms with E-state index in [1.807, 2.05) is 17.0 Å². The van der Waals surface area contributed by atoms with Gasteiger partial charge < -0.3 is 15.2 Å². The van der Waals surface area contributed by atoms with Gasteiger partial charge in [0.1, 0.15) is 0 Å². The third-order valence-corrected chi connectivity index (χ3v) is 3.41. The van der Waals surface area contributed by atoms with Crippen LogP contribution in [0.1, 0.15) is 12.8 Å². The second-order valence-corrected chi connectivity index (χ2v) is 5.01. The van der Waals surface area contributed by atoms with Crippen molar-refractivity contribution in [3.05, 3.63) is 29.3 Å². The van der Waals surface area contributed by atoms with E-state index in [9.17, 15) is 0 Å². The number of aliphatic imine (C=N–C) groups is 1. The SMILES string of the molecule is N/C(=N/c1nc(-c2ccc(Cl)cc2)no1)N1CCCC1. The highest BCUT2D eigenvalue weighted by Crippen LogP contribution is 2.21. The van der Waals surface area contributed by atoms with Crippen LogP contribution in [0.4, 0.5) is 6.01 Å². The zero-order valence-electron chi connectivity index (χ0n) is 10.8. The van der Waals surface area contributed by atoms with Gasteiger partial charge in [-0.05, 0) is 37.1 Å². The molecule has 0 radical (unpaired) electrons. The van der Waals surface area contributed by atoms with Gasteiger partial charge in [-0.1, -0.05) is 16.8 Å². The van der Waals surface area contributed by atoms with Gasteiger partial charge in [-0.25, -0.2) is 0 Å². The van der Waals surface area contributed by atoms with Crippen molar-refractivity contribution in [2.45, 2.75) is 12.8 Å². The maximum Gasteiger partial charge on any atom is 0.351 e. The lowest BCUT2D eigenvalue weighted by Crippen LogP contribution is -2.34. The minimum Gasteiger partial charge on any atom is -0.369 e. The Hall–Kier alpha value is -2.08. The number of likely N-dealkylation sites (tertiary alicyclic amines) is 1. The Kier molecular flexibility index (Phi) is 3.56. The van der Waals surface area contributed by atoms with Crippen LogP contribution in [0.3, 0.4) is 0 Å². The molecule has 3 rings (SSSR count). The summed E-state index contributed by atoms with van der Waals surface area (Å²) in [5.41, 5.74) is 6.73. The fourth-order valence-corrected chi connectivity index (χ4v) is 2.22. The highest BCUT2D eigenvalue weighted by atomic mass is 35.5. The normalized spacial score (nSPS) is 15.8. The summed E-state index contributed by atoms with van der Waals surface area (Å²) in [6, 6.07) is 7.36. The minimum atomic E-state index is 0.166. The van der Waals surface area contributed by atoms with Gasteiger partial charge in [0.25, 0.3) is 0 Å². The fraction of sp³-hybridized carbons (Fsp3) is 0.308. The van der Waals surface area contributed by atoms with Gasteiger partial charge >= 0.3 is 6.01 Å². The highest BCUT2D eigenvalue weighted by molar-refractivity contribution is 6.30. The predicted octanol–water partition coefficient (Wildman–Crippen LogP) is 2.43. The average Bonchev–Trinajstić information content (AvgIpc) is 3.10. The molecule has 0 unspecified atom stereocenters. The van der Waals surface area contributed by atoms with Crippen molar-refractivity contribution >= 4 is 23.6 Å². The number of hydrogen-bond acceptors (Lipinski definition) is 4. The molecule has 0 atom stereocenters. The molecule has 1 aromatic carbocycles. The van der Waals surface area contributed by atoms with Crippen LogP contribution in [0.5, 0.6) is 0 Å². The van der Waals surface area contributed by atoms with E-state index in [1.165, 1.54) is 0 Å². The van der Waals surface area contributed by atoms with Crippen molar-refractivity contribution in [1.82, 2.24) is 15.0 Å². The first kappa shape index (κ1) is 12.9. The van der Waals surface area contributed by atoms with E-state index in [0.29, 0.717) is 16.8 Å². The van der Waals surface area contributed by atoms with Crippen molar-refractivity contribution in [3.63, 3.8) is 0 Å². The van der Waals surface area contributed by atoms with Crippen LogP contribution < -0.4 is 5.73 Å². The maximum atomic E-state index is 5.91. The average molecular weight is 292 g/mol. The Morgan fingerprint density at radius 2 is 1.95 bits per heavy atom. The van der Waals surface area contributed by atoms with E-state index in [0.717, 1.165) is 31.5 Å². The van der Waals surface area contributed by atoms with Gasteiger partial charge in [0.2, 0.25) is 11.8 Å². The summed E-state index contributed by atoms with van der Waals surface area (Å²) in [4.78, 5) is 10.4. The molecule has 104 valence electrons. The first-order valence-corrected chi connectivity index (χ1v) is 6.79. The number of rotatable bonds is 2. The highest BCUT2D eigenvalue weighted by Gasteiger charge is 2.15. The van der Waals surface area contributed by atoms with Gasteiger partial charge in [-0.2, -0.15) is 9.98 Å². The lowest BCUT2D eigenvalue weighted by molar-refractivity contribution is 0.427. The van der Waals surface area contributed by atoms with Gasteiger partial charge in [0, 0.05) is 23.7 Å². The van der Waals surface area contributed by atoms with Crippen LogP contribution in [-0.2, 0) is 0 Å². The number of guanidine groups is 1. The molecular weight excluding hydrogens is 278 g/mol. The number of halogens is 1. The molecule has 0 amide bonds. The second-order valence-electron chi connectivity index (χ2n) is 4.57. The van der Waals surface area contributed by atoms with Crippen molar-refractivity contribution in [1.29, 1.82) is 0 Å². The third-order valence-electron chi connectivity index (χ3n) is 3.16. The molecule has 0 bridgehead atoms. The number of hydrogen-bond donors (Lipinski definition) is 1. The van der Waals surface area contributed by atoms with Gasteiger partial charge in [-0.3, -0.25) is 0 Å². The van der Waals surface area contributed by atoms with Crippen molar-refractivity contribution in [2.24, 2.45) is 10.7 Å². The standard InChI is InChI=1S/C13H14ClN5O/c14-10-5-3-9(4-6-10)11-16-13(20-18-11)17-12(15)19-7-1-2-8-19/h3-6H,1-2,7-8H2,(H2,15,16,17,18). The summed E-state index contributed by atoms with van der Waals surface area (Å²) in [7, 11) is 0. The number of nitrogens with two attached hydrogens (primary N) is 1. The van der Waals surface area contributed by atoms with Crippen LogP contribution in [0, 0.1) is 0 Å². The predicted molar refractivity (Wildman–Crippen MR) is 76.8 cm³/mol. The van der Waals surface area contributed by atoms with Gasteiger partial charge in [0.05, 0.1) is 0 Å². The lowest BCUT2D eigenvalue weighted by atomic mass is 10.2. The summed E-state index contributed by atoms with van der Waals surface area (Å²) < 4.78 is 5.09. The largest absolute Gasteiger partial charge is 0.369 e. The van der Waals surface area contributed by atoms with E-state index in [1.54, 1.807) is 12.1 Å². The van der Waals surface area contributed by atoms with Gasteiger partial charge in [0.15, 0.2) is 0 Å². The Balaban J connectivity index is 1.79. The molecule has 7 heteroatoms. The van der Waals surface area contributed by atoms with Gasteiger partial charge in [-0.15, -0.1) is 0 Å². The monoisotopic (exact) mass is 291 g/mol. The fourth-order valence-electron chi connectivity index (χ4n) is 2.09. The Labute approximate surface area is 121 Å². The Morgan fingerprint density at radius 3 is 2.65 bits per heavy atom. The summed E-state index contributed by atoms with van der Waals surface area (Å²) in [5, 5.41) is 4.55. The Morgan fingerprint density at radius 1 is 1.25 bits per heavy atom. The van der Waals surface area contributed by atoms with Crippen molar-refractivity contribution < 1.29 is 4.52 Å². The molecule has 1 aliphatic heterocycles. The summed E-state index contributed by atoms with van der Waals surface area (Å²) in [6.07, 6.45) is 2.27. The first-order chi connectivity index (χ1) is 9.72. The van der Waals surface area contributed by atoms with Crippen LogP contribution in [0.2, 0.25) is 5.02 Å². The molecule has 20 heavy (non-hydrogen) atoms. The van der Waals surface area contributed by atoms with E-state index in [4.69, 9.17) is 21.9 Å². The van der Waals surface area contributed by atoms with E-state index < -0.39 is 0 Å². The molecule has 0 saturated carbocycles. The molecule has 2 N–H and O–H groups in total. The first-order valence-electron chi connectivity index (χ1n) is 6.41. The number of aromatic nitrogens is 2. The summed E-state index contributed by atoms with van der Waals surface area (Å²) in [6.45, 7) is 1.85. The minimum absolute atomic E-state index is 0.166. The topological polar surface area (TPSA) is 80.5 Å². The molecule has 1 aromatic heterocycles. The number of nitrogens with zero attached hydrogens (tertiary/aromatic N) is 4. The Bertz CT molecular complexity index is 616. The molecule has 0 spiro atoms. The molecule has 1 fully saturated rings. The molecular formula is C13H14ClN5O. The van der Waals surface area contributed by atoms with E-state index in [2.05, 4.69) is 15.1 Å². The maximum absolute atomic E-state index is 5.91. The molecule has 1 aliphatic rings. The zero-order valence-corrected chi connectivity index (χ0v) is 11.5. The molecule has 2 heterocycles. The van der Waals surface area contributed by atoms with Crippen LogP contribution in [-0.4, -0.2) is 34.1 Å². The molecule has 2 aromatic rings. The second kappa shape index (κ2) is 5.50. The summed E-state index contributed by atoms with van der Waals surface area (Å²) >= 11 is 5.84. The van der Waals surface area contributed by atoms with Crippen molar-refractivity contribution in [2.75, 3.05) is 13.1 Å². The quantitative estimate of drug-likeness (QED) is 0.679. The number of benzene rings is 1. The summed E-state index contributed by atoms with van der Waals surface area (Å²) in [5.74, 6) is 0.892.